The summed E-state index contributed by atoms with van der Waals surface area (Å²) in [5.74, 6) is 0. The number of aromatic nitrogens is 2. The molecule has 0 aliphatic rings. The molecule has 0 aliphatic heterocycles. The van der Waals surface area contributed by atoms with Crippen molar-refractivity contribution in [1.82, 2.24) is 9.97 Å². The van der Waals surface area contributed by atoms with Gasteiger partial charge >= 0.3 is 0 Å². The minimum absolute atomic E-state index is 0.766. The lowest BCUT2D eigenvalue weighted by molar-refractivity contribution is 1.01. The van der Waals surface area contributed by atoms with Crippen molar-refractivity contribution in [3.05, 3.63) is 40.1 Å². The molecule has 0 spiro atoms. The van der Waals surface area contributed by atoms with Gasteiger partial charge in [0.2, 0.25) is 0 Å². The highest BCUT2D eigenvalue weighted by molar-refractivity contribution is 7.09. The summed E-state index contributed by atoms with van der Waals surface area (Å²) in [6, 6.07) is 2.08. The van der Waals surface area contributed by atoms with Gasteiger partial charge in [0, 0.05) is 17.8 Å². The van der Waals surface area contributed by atoms with Crippen molar-refractivity contribution in [1.29, 1.82) is 0 Å². The van der Waals surface area contributed by atoms with Crippen molar-refractivity contribution in [3.8, 4) is 0 Å². The standard InChI is InChI=1S/C12H15N3S/c1-3-12-15-11(8-16-12)7-14-10-4-9(2)5-13-6-10/h4-6,8,14H,3,7H2,1-2H3. The summed E-state index contributed by atoms with van der Waals surface area (Å²) in [5, 5.41) is 6.62. The molecule has 2 rings (SSSR count). The van der Waals surface area contributed by atoms with Crippen molar-refractivity contribution in [2.75, 3.05) is 5.32 Å². The summed E-state index contributed by atoms with van der Waals surface area (Å²) in [4.78, 5) is 8.64. The number of hydrogen-bond donors (Lipinski definition) is 1. The van der Waals surface area contributed by atoms with Gasteiger partial charge in [-0.2, -0.15) is 0 Å². The van der Waals surface area contributed by atoms with Gasteiger partial charge in [0.25, 0.3) is 0 Å². The summed E-state index contributed by atoms with van der Waals surface area (Å²) >= 11 is 1.72. The molecule has 2 heterocycles. The van der Waals surface area contributed by atoms with E-state index >= 15 is 0 Å². The highest BCUT2D eigenvalue weighted by Crippen LogP contribution is 2.13. The monoisotopic (exact) mass is 233 g/mol. The topological polar surface area (TPSA) is 37.8 Å². The van der Waals surface area contributed by atoms with Gasteiger partial charge in [0.15, 0.2) is 0 Å². The molecular formula is C12H15N3S. The van der Waals surface area contributed by atoms with E-state index in [1.807, 2.05) is 19.3 Å². The molecule has 0 aliphatic carbocycles. The molecule has 84 valence electrons. The number of thiazole rings is 1. The SMILES string of the molecule is CCc1nc(CNc2cncc(C)c2)cs1. The highest BCUT2D eigenvalue weighted by atomic mass is 32.1. The van der Waals surface area contributed by atoms with E-state index in [9.17, 15) is 0 Å². The first-order valence-electron chi connectivity index (χ1n) is 5.36. The predicted octanol–water partition coefficient (Wildman–Crippen LogP) is 3.02. The van der Waals surface area contributed by atoms with Gasteiger partial charge in [-0.15, -0.1) is 11.3 Å². The van der Waals surface area contributed by atoms with Crippen LogP contribution in [-0.2, 0) is 13.0 Å². The Morgan fingerprint density at radius 1 is 1.38 bits per heavy atom. The second kappa shape index (κ2) is 5.07. The minimum Gasteiger partial charge on any atom is -0.378 e. The van der Waals surface area contributed by atoms with Crippen LogP contribution in [0, 0.1) is 6.92 Å². The van der Waals surface area contributed by atoms with Gasteiger partial charge in [-0.05, 0) is 25.0 Å². The molecule has 0 bridgehead atoms. The number of rotatable bonds is 4. The Hall–Kier alpha value is -1.42. The van der Waals surface area contributed by atoms with E-state index in [1.54, 1.807) is 11.3 Å². The zero-order valence-electron chi connectivity index (χ0n) is 9.53. The summed E-state index contributed by atoms with van der Waals surface area (Å²) < 4.78 is 0. The van der Waals surface area contributed by atoms with Crippen LogP contribution in [-0.4, -0.2) is 9.97 Å². The van der Waals surface area contributed by atoms with Crippen LogP contribution >= 0.6 is 11.3 Å². The van der Waals surface area contributed by atoms with Crippen LogP contribution in [0.4, 0.5) is 5.69 Å². The van der Waals surface area contributed by atoms with E-state index in [1.165, 1.54) is 5.01 Å². The molecule has 3 nitrogen and oxygen atoms in total. The van der Waals surface area contributed by atoms with E-state index in [0.717, 1.165) is 29.9 Å². The van der Waals surface area contributed by atoms with E-state index in [2.05, 4.69) is 33.7 Å². The number of nitrogens with zero attached hydrogens (tertiary/aromatic N) is 2. The summed E-state index contributed by atoms with van der Waals surface area (Å²) in [7, 11) is 0. The molecule has 0 saturated carbocycles. The van der Waals surface area contributed by atoms with Crippen LogP contribution in [0.15, 0.2) is 23.8 Å². The van der Waals surface area contributed by atoms with E-state index < -0.39 is 0 Å². The lowest BCUT2D eigenvalue weighted by Gasteiger charge is -2.04. The maximum Gasteiger partial charge on any atom is 0.0926 e. The third-order valence-electron chi connectivity index (χ3n) is 2.25. The van der Waals surface area contributed by atoms with Crippen molar-refractivity contribution in [3.63, 3.8) is 0 Å². The minimum atomic E-state index is 0.766. The Morgan fingerprint density at radius 2 is 2.25 bits per heavy atom. The molecular weight excluding hydrogens is 218 g/mol. The summed E-state index contributed by atoms with van der Waals surface area (Å²) in [6.45, 7) is 4.93. The van der Waals surface area contributed by atoms with E-state index in [0.29, 0.717) is 0 Å². The molecule has 0 unspecified atom stereocenters. The Balaban J connectivity index is 1.96. The smallest absolute Gasteiger partial charge is 0.0926 e. The Kier molecular flexibility index (Phi) is 3.51. The highest BCUT2D eigenvalue weighted by Gasteiger charge is 2.00. The summed E-state index contributed by atoms with van der Waals surface area (Å²) in [5.41, 5.74) is 3.31. The lowest BCUT2D eigenvalue weighted by atomic mass is 10.3. The number of hydrogen-bond acceptors (Lipinski definition) is 4. The van der Waals surface area contributed by atoms with Gasteiger partial charge in [-0.1, -0.05) is 6.92 Å². The molecule has 2 aromatic rings. The third kappa shape index (κ3) is 2.79. The van der Waals surface area contributed by atoms with Crippen LogP contribution < -0.4 is 5.32 Å². The summed E-state index contributed by atoms with van der Waals surface area (Å²) in [6.07, 6.45) is 4.69. The third-order valence-corrected chi connectivity index (χ3v) is 3.29. The number of nitrogens with one attached hydrogen (secondary N) is 1. The largest absolute Gasteiger partial charge is 0.378 e. The molecule has 4 heteroatoms. The van der Waals surface area contributed by atoms with Crippen molar-refractivity contribution < 1.29 is 0 Å². The molecule has 0 aromatic carbocycles. The molecule has 1 N–H and O–H groups in total. The first-order valence-corrected chi connectivity index (χ1v) is 6.24. The average Bonchev–Trinajstić information content (AvgIpc) is 2.74. The Morgan fingerprint density at radius 3 is 2.94 bits per heavy atom. The van der Waals surface area contributed by atoms with Gasteiger partial charge in [0.05, 0.1) is 22.9 Å². The predicted molar refractivity (Wildman–Crippen MR) is 67.8 cm³/mol. The lowest BCUT2D eigenvalue weighted by Crippen LogP contribution is -2.00. The van der Waals surface area contributed by atoms with E-state index in [4.69, 9.17) is 0 Å². The van der Waals surface area contributed by atoms with Crippen LogP contribution in [0.3, 0.4) is 0 Å². The van der Waals surface area contributed by atoms with Crippen LogP contribution in [0.5, 0.6) is 0 Å². The molecule has 2 aromatic heterocycles. The normalized spacial score (nSPS) is 10.4. The Labute approximate surface area is 99.6 Å². The zero-order valence-corrected chi connectivity index (χ0v) is 10.3. The van der Waals surface area contributed by atoms with Gasteiger partial charge in [-0.3, -0.25) is 4.98 Å². The molecule has 0 saturated heterocycles. The van der Waals surface area contributed by atoms with E-state index in [-0.39, 0.29) is 0 Å². The fourth-order valence-electron chi connectivity index (χ4n) is 1.44. The van der Waals surface area contributed by atoms with Crippen molar-refractivity contribution >= 4 is 17.0 Å². The van der Waals surface area contributed by atoms with Gasteiger partial charge in [-0.25, -0.2) is 4.98 Å². The molecule has 16 heavy (non-hydrogen) atoms. The zero-order chi connectivity index (χ0) is 11.4. The molecule has 0 radical (unpaired) electrons. The first kappa shape index (κ1) is 11.1. The number of aryl methyl sites for hydroxylation is 2. The van der Waals surface area contributed by atoms with Gasteiger partial charge < -0.3 is 5.32 Å². The second-order valence-electron chi connectivity index (χ2n) is 3.69. The maximum atomic E-state index is 4.50. The number of pyridine rings is 1. The van der Waals surface area contributed by atoms with Crippen molar-refractivity contribution in [2.24, 2.45) is 0 Å². The Bertz CT molecular complexity index is 465. The molecule has 0 fully saturated rings. The first-order chi connectivity index (χ1) is 7.78. The van der Waals surface area contributed by atoms with Crippen LogP contribution in [0.2, 0.25) is 0 Å². The average molecular weight is 233 g/mol. The van der Waals surface area contributed by atoms with Gasteiger partial charge in [0.1, 0.15) is 0 Å². The second-order valence-corrected chi connectivity index (χ2v) is 4.63. The number of anilines is 1. The van der Waals surface area contributed by atoms with Crippen LogP contribution in [0.25, 0.3) is 0 Å². The fourth-order valence-corrected chi connectivity index (χ4v) is 2.18. The quantitative estimate of drug-likeness (QED) is 0.882. The fraction of sp³-hybridized carbons (Fsp3) is 0.333. The maximum absolute atomic E-state index is 4.50. The van der Waals surface area contributed by atoms with Crippen LogP contribution in [0.1, 0.15) is 23.2 Å². The molecule has 0 atom stereocenters. The molecule has 0 amide bonds. The van der Waals surface area contributed by atoms with Crippen molar-refractivity contribution in [2.45, 2.75) is 26.8 Å².